The van der Waals surface area contributed by atoms with Gasteiger partial charge < -0.3 is 19.1 Å². The first-order valence-electron chi connectivity index (χ1n) is 19.1. The number of hydrogen-bond donors (Lipinski definition) is 0. The van der Waals surface area contributed by atoms with Crippen LogP contribution in [0.4, 0.5) is 22.7 Å². The molecule has 0 aliphatic carbocycles. The molecular formula is C48H48N5OPt-3. The van der Waals surface area contributed by atoms with Crippen LogP contribution in [0.1, 0.15) is 102 Å². The Labute approximate surface area is 340 Å². The molecule has 0 saturated carbocycles. The molecule has 1 aliphatic heterocycles. The standard InChI is InChI=1S/C48H48N5O.Pt/c1-30(2)33-23-40(31(3)4)47(41(24-33)32(5)6)52-29-51(43-20-21-49-28-45(43)52)35-13-12-14-36(26-35)54-37-17-18-39-38-15-10-11-16-42(38)53(44(39)27-37)46-25-34(19-22-50-46)48(7,8)9;/h10-25,28-32H,1-9H3;/q-3;. The summed E-state index contributed by atoms with van der Waals surface area (Å²) in [4.78, 5) is 13.9. The van der Waals surface area contributed by atoms with Crippen LogP contribution in [0, 0.1) is 18.8 Å². The number of fused-ring (bicyclic) bond motifs is 4. The number of aromatic nitrogens is 3. The summed E-state index contributed by atoms with van der Waals surface area (Å²) in [5, 5.41) is 2.24. The first kappa shape index (κ1) is 38.3. The van der Waals surface area contributed by atoms with Crippen LogP contribution in [-0.2, 0) is 26.5 Å². The van der Waals surface area contributed by atoms with Crippen molar-refractivity contribution in [2.75, 3.05) is 9.80 Å². The zero-order valence-corrected chi connectivity index (χ0v) is 35.4. The number of rotatable bonds is 8. The van der Waals surface area contributed by atoms with Crippen molar-refractivity contribution in [2.45, 2.75) is 85.5 Å². The Kier molecular flexibility index (Phi) is 10.4. The number of ether oxygens (including phenoxy) is 1. The first-order valence-corrected chi connectivity index (χ1v) is 19.1. The molecule has 0 unspecified atom stereocenters. The van der Waals surface area contributed by atoms with Gasteiger partial charge in [0.15, 0.2) is 0 Å². The Morgan fingerprint density at radius 2 is 1.42 bits per heavy atom. The quantitative estimate of drug-likeness (QED) is 0.142. The fourth-order valence-electron chi connectivity index (χ4n) is 7.51. The summed E-state index contributed by atoms with van der Waals surface area (Å²) in [7, 11) is 0. The maximum atomic E-state index is 6.58. The number of para-hydroxylation sites is 1. The second-order valence-corrected chi connectivity index (χ2v) is 16.3. The molecule has 284 valence electrons. The summed E-state index contributed by atoms with van der Waals surface area (Å²) < 4.78 is 8.77. The largest absolute Gasteiger partial charge is 0.509 e. The van der Waals surface area contributed by atoms with Crippen molar-refractivity contribution in [3.8, 4) is 17.3 Å². The Hall–Kier alpha value is -4.93. The van der Waals surface area contributed by atoms with Crippen molar-refractivity contribution in [1.82, 2.24) is 14.5 Å². The molecule has 4 aromatic carbocycles. The van der Waals surface area contributed by atoms with Gasteiger partial charge in [0.05, 0.1) is 11.9 Å². The minimum atomic E-state index is -0.0120. The molecular weight excluding hydrogens is 858 g/mol. The molecule has 0 atom stereocenters. The summed E-state index contributed by atoms with van der Waals surface area (Å²) >= 11 is 0. The molecule has 4 heterocycles. The van der Waals surface area contributed by atoms with Gasteiger partial charge in [-0.25, -0.2) is 4.98 Å². The summed E-state index contributed by atoms with van der Waals surface area (Å²) in [5.74, 6) is 3.19. The second kappa shape index (κ2) is 15.0. The van der Waals surface area contributed by atoms with Gasteiger partial charge in [0.25, 0.3) is 0 Å². The van der Waals surface area contributed by atoms with Crippen molar-refractivity contribution in [2.24, 2.45) is 0 Å². The van der Waals surface area contributed by atoms with Gasteiger partial charge in [-0.2, -0.15) is 12.1 Å². The normalized spacial score (nSPS) is 13.0. The van der Waals surface area contributed by atoms with Crippen LogP contribution in [0.15, 0.2) is 104 Å². The number of nitrogens with zero attached hydrogens (tertiary/aromatic N) is 5. The summed E-state index contributed by atoms with van der Waals surface area (Å²) in [6.07, 6.45) is 5.72. The minimum Gasteiger partial charge on any atom is -0.509 e. The van der Waals surface area contributed by atoms with Crippen LogP contribution in [0.2, 0.25) is 0 Å². The zero-order chi connectivity index (χ0) is 37.9. The number of benzene rings is 4. The van der Waals surface area contributed by atoms with Crippen molar-refractivity contribution in [1.29, 1.82) is 0 Å². The van der Waals surface area contributed by atoms with Crippen LogP contribution < -0.4 is 14.5 Å². The third kappa shape index (κ3) is 7.06. The molecule has 0 amide bonds. The fraction of sp³-hybridized carbons (Fsp3) is 0.271. The Morgan fingerprint density at radius 1 is 0.691 bits per heavy atom. The van der Waals surface area contributed by atoms with E-state index in [0.29, 0.717) is 29.3 Å². The van der Waals surface area contributed by atoms with Gasteiger partial charge in [-0.3, -0.25) is 4.98 Å². The maximum Gasteiger partial charge on any atom is 0.135 e. The van der Waals surface area contributed by atoms with Crippen molar-refractivity contribution >= 4 is 44.6 Å². The Balaban J connectivity index is 0.00000465. The van der Waals surface area contributed by atoms with Gasteiger partial charge in [-0.05, 0) is 75.1 Å². The van der Waals surface area contributed by atoms with E-state index in [1.165, 1.54) is 27.9 Å². The molecule has 1 aliphatic rings. The molecule has 7 heteroatoms. The third-order valence-corrected chi connectivity index (χ3v) is 10.5. The van der Waals surface area contributed by atoms with E-state index in [-0.39, 0.29) is 26.5 Å². The van der Waals surface area contributed by atoms with E-state index in [9.17, 15) is 0 Å². The average Bonchev–Trinajstić information content (AvgIpc) is 3.70. The van der Waals surface area contributed by atoms with Crippen molar-refractivity contribution in [3.63, 3.8) is 0 Å². The van der Waals surface area contributed by atoms with Crippen LogP contribution in [0.25, 0.3) is 27.6 Å². The number of pyridine rings is 2. The Bertz CT molecular complexity index is 2480. The molecule has 0 bridgehead atoms. The van der Waals surface area contributed by atoms with Gasteiger partial charge in [0.2, 0.25) is 0 Å². The third-order valence-electron chi connectivity index (χ3n) is 10.5. The summed E-state index contributed by atoms with van der Waals surface area (Å²) in [6.45, 7) is 22.5. The average molecular weight is 906 g/mol. The van der Waals surface area contributed by atoms with Gasteiger partial charge in [-0.15, -0.1) is 48.1 Å². The fourth-order valence-corrected chi connectivity index (χ4v) is 7.51. The summed E-state index contributed by atoms with van der Waals surface area (Å²) in [5.41, 5.74) is 11.4. The second-order valence-electron chi connectivity index (χ2n) is 16.3. The van der Waals surface area contributed by atoms with Crippen LogP contribution in [0.5, 0.6) is 11.5 Å². The molecule has 6 nitrogen and oxygen atoms in total. The minimum absolute atomic E-state index is 0. The Morgan fingerprint density at radius 3 is 2.13 bits per heavy atom. The maximum absolute atomic E-state index is 6.58. The van der Waals surface area contributed by atoms with Crippen molar-refractivity contribution < 1.29 is 25.8 Å². The van der Waals surface area contributed by atoms with E-state index < -0.39 is 0 Å². The molecule has 8 rings (SSSR count). The van der Waals surface area contributed by atoms with E-state index in [4.69, 9.17) is 9.72 Å². The van der Waals surface area contributed by atoms with Crippen molar-refractivity contribution in [3.05, 3.63) is 145 Å². The molecule has 0 spiro atoms. The zero-order valence-electron chi connectivity index (χ0n) is 33.1. The predicted octanol–water partition coefficient (Wildman–Crippen LogP) is 13.0. The van der Waals surface area contributed by atoms with E-state index in [2.05, 4.69) is 167 Å². The molecule has 0 saturated heterocycles. The monoisotopic (exact) mass is 905 g/mol. The van der Waals surface area contributed by atoms with E-state index in [0.717, 1.165) is 44.7 Å². The van der Waals surface area contributed by atoms with Gasteiger partial charge in [0, 0.05) is 61.8 Å². The summed E-state index contributed by atoms with van der Waals surface area (Å²) in [6, 6.07) is 36.9. The molecule has 7 aromatic rings. The van der Waals surface area contributed by atoms with Gasteiger partial charge in [-0.1, -0.05) is 98.2 Å². The molecule has 3 aromatic heterocycles. The van der Waals surface area contributed by atoms with Gasteiger partial charge >= 0.3 is 0 Å². The first-order chi connectivity index (χ1) is 25.9. The van der Waals surface area contributed by atoms with E-state index in [1.807, 2.05) is 36.8 Å². The predicted molar refractivity (Wildman–Crippen MR) is 223 cm³/mol. The molecule has 55 heavy (non-hydrogen) atoms. The van der Waals surface area contributed by atoms with Crippen LogP contribution >= 0.6 is 0 Å². The van der Waals surface area contributed by atoms with E-state index in [1.54, 1.807) is 0 Å². The van der Waals surface area contributed by atoms with Crippen LogP contribution in [-0.4, -0.2) is 14.5 Å². The molecule has 0 fully saturated rings. The SMILES string of the molecule is CC(C)c1cc(C(C)C)c(N2[CH-]N(c3[c-]c(Oc4[c-]c5c(cc4)c4ccccc4n5-c4cc(C(C)(C)C)ccn4)ccc3)c3ccncc32)c(C(C)C)c1.[Pt]. The molecule has 0 radical (unpaired) electrons. The van der Waals surface area contributed by atoms with Crippen LogP contribution in [0.3, 0.4) is 0 Å². The number of anilines is 4. The number of hydrogen-bond acceptors (Lipinski definition) is 5. The van der Waals surface area contributed by atoms with Gasteiger partial charge in [0.1, 0.15) is 5.82 Å². The van der Waals surface area contributed by atoms with E-state index >= 15 is 0 Å². The molecule has 0 N–H and O–H groups in total. The smallest absolute Gasteiger partial charge is 0.135 e. The topological polar surface area (TPSA) is 46.4 Å².